The van der Waals surface area contributed by atoms with Crippen LogP contribution in [0.15, 0.2) is 30.6 Å². The Bertz CT molecular complexity index is 810. The molecular formula is C17H18FN5O. The van der Waals surface area contributed by atoms with Crippen LogP contribution in [0.25, 0.3) is 0 Å². The van der Waals surface area contributed by atoms with Crippen LogP contribution in [0, 0.1) is 17.1 Å². The summed E-state index contributed by atoms with van der Waals surface area (Å²) in [7, 11) is 1.71. The molecule has 1 aliphatic heterocycles. The van der Waals surface area contributed by atoms with Gasteiger partial charge < -0.3 is 14.4 Å². The molecule has 0 radical (unpaired) electrons. The van der Waals surface area contributed by atoms with Crippen LogP contribution < -0.4 is 4.90 Å². The predicted molar refractivity (Wildman–Crippen MR) is 87.0 cm³/mol. The van der Waals surface area contributed by atoms with Gasteiger partial charge in [0.15, 0.2) is 5.82 Å². The highest BCUT2D eigenvalue weighted by Crippen LogP contribution is 2.23. The Labute approximate surface area is 139 Å². The van der Waals surface area contributed by atoms with Crippen molar-refractivity contribution in [3.05, 3.63) is 47.8 Å². The van der Waals surface area contributed by atoms with E-state index >= 15 is 0 Å². The largest absolute Gasteiger partial charge is 0.363 e. The molecule has 0 saturated carbocycles. The number of pyridine rings is 1. The van der Waals surface area contributed by atoms with Crippen molar-refractivity contribution in [2.45, 2.75) is 13.0 Å². The molecule has 1 atom stereocenters. The first kappa shape index (κ1) is 16.0. The summed E-state index contributed by atoms with van der Waals surface area (Å²) < 4.78 is 15.5. The van der Waals surface area contributed by atoms with E-state index in [1.54, 1.807) is 40.9 Å². The number of piperazine rings is 1. The third kappa shape index (κ3) is 2.71. The average molecular weight is 327 g/mol. The molecule has 0 N–H and O–H groups in total. The number of hydrogen-bond acceptors (Lipinski definition) is 4. The van der Waals surface area contributed by atoms with Gasteiger partial charge in [-0.2, -0.15) is 5.26 Å². The van der Waals surface area contributed by atoms with Gasteiger partial charge in [0.1, 0.15) is 17.5 Å². The van der Waals surface area contributed by atoms with Crippen LogP contribution >= 0.6 is 0 Å². The molecule has 124 valence electrons. The van der Waals surface area contributed by atoms with E-state index in [2.05, 4.69) is 11.1 Å². The van der Waals surface area contributed by atoms with Crippen molar-refractivity contribution >= 4 is 11.6 Å². The molecule has 0 spiro atoms. The molecule has 0 aliphatic carbocycles. The summed E-state index contributed by atoms with van der Waals surface area (Å²) in [6, 6.07) is 6.99. The zero-order chi connectivity index (χ0) is 17.3. The Morgan fingerprint density at radius 3 is 2.79 bits per heavy atom. The molecule has 1 amide bonds. The molecule has 6 nitrogen and oxygen atoms in total. The maximum atomic E-state index is 13.9. The lowest BCUT2D eigenvalue weighted by molar-refractivity contribution is 0.0716. The Morgan fingerprint density at radius 1 is 1.38 bits per heavy atom. The monoisotopic (exact) mass is 327 g/mol. The normalized spacial score (nSPS) is 17.7. The van der Waals surface area contributed by atoms with Crippen molar-refractivity contribution in [3.63, 3.8) is 0 Å². The third-order valence-corrected chi connectivity index (χ3v) is 4.43. The summed E-state index contributed by atoms with van der Waals surface area (Å²) in [6.45, 7) is 3.50. The maximum absolute atomic E-state index is 13.9. The Kier molecular flexibility index (Phi) is 4.21. The Morgan fingerprint density at radius 2 is 2.17 bits per heavy atom. The second-order valence-electron chi connectivity index (χ2n) is 5.90. The van der Waals surface area contributed by atoms with Gasteiger partial charge in [0.25, 0.3) is 5.91 Å². The summed E-state index contributed by atoms with van der Waals surface area (Å²) in [6.07, 6.45) is 2.77. The van der Waals surface area contributed by atoms with Crippen LogP contribution in [0.4, 0.5) is 10.1 Å². The number of anilines is 1. The number of carbonyl (C=O) groups excluding carboxylic acids is 1. The van der Waals surface area contributed by atoms with E-state index in [1.165, 1.54) is 6.20 Å². The van der Waals surface area contributed by atoms with E-state index < -0.39 is 0 Å². The minimum atomic E-state index is -0.356. The van der Waals surface area contributed by atoms with Gasteiger partial charge in [0, 0.05) is 38.9 Å². The maximum Gasteiger partial charge on any atom is 0.270 e. The van der Waals surface area contributed by atoms with Crippen LogP contribution in [0.2, 0.25) is 0 Å². The van der Waals surface area contributed by atoms with Crippen LogP contribution in [0.5, 0.6) is 0 Å². The topological polar surface area (TPSA) is 65.2 Å². The van der Waals surface area contributed by atoms with Gasteiger partial charge in [0.05, 0.1) is 11.9 Å². The fourth-order valence-electron chi connectivity index (χ4n) is 3.10. The third-order valence-electron chi connectivity index (χ3n) is 4.43. The molecule has 7 heteroatoms. The van der Waals surface area contributed by atoms with Gasteiger partial charge in [0.2, 0.25) is 0 Å². The lowest BCUT2D eigenvalue weighted by Gasteiger charge is -2.41. The van der Waals surface area contributed by atoms with Gasteiger partial charge in [-0.25, -0.2) is 4.39 Å². The Balaban J connectivity index is 1.76. The van der Waals surface area contributed by atoms with Gasteiger partial charge >= 0.3 is 0 Å². The molecule has 3 rings (SSSR count). The number of carbonyl (C=O) groups is 1. The molecule has 0 bridgehead atoms. The van der Waals surface area contributed by atoms with Crippen LogP contribution in [-0.2, 0) is 7.05 Å². The number of amides is 1. The van der Waals surface area contributed by atoms with E-state index in [9.17, 15) is 9.18 Å². The highest BCUT2D eigenvalue weighted by molar-refractivity contribution is 5.93. The fraction of sp³-hybridized carbons (Fsp3) is 0.353. The summed E-state index contributed by atoms with van der Waals surface area (Å²) in [5.41, 5.74) is 1.45. The number of hydrogen-bond donors (Lipinski definition) is 0. The van der Waals surface area contributed by atoms with E-state index in [4.69, 9.17) is 5.26 Å². The number of nitrogens with zero attached hydrogens (tertiary/aromatic N) is 5. The van der Waals surface area contributed by atoms with Gasteiger partial charge in [-0.1, -0.05) is 0 Å². The van der Waals surface area contributed by atoms with Crippen molar-refractivity contribution in [2.24, 2.45) is 7.05 Å². The Hall–Kier alpha value is -2.88. The first-order valence-corrected chi connectivity index (χ1v) is 7.74. The van der Waals surface area contributed by atoms with E-state index in [-0.39, 0.29) is 17.8 Å². The zero-order valence-corrected chi connectivity index (χ0v) is 13.6. The van der Waals surface area contributed by atoms with Gasteiger partial charge in [-0.3, -0.25) is 9.78 Å². The first-order chi connectivity index (χ1) is 11.5. The van der Waals surface area contributed by atoms with E-state index in [0.29, 0.717) is 36.7 Å². The van der Waals surface area contributed by atoms with Crippen molar-refractivity contribution in [1.29, 1.82) is 5.26 Å². The molecule has 2 aromatic rings. The molecule has 1 aliphatic rings. The van der Waals surface area contributed by atoms with Crippen molar-refractivity contribution in [3.8, 4) is 6.07 Å². The predicted octanol–water partition coefficient (Wildman–Crippen LogP) is 1.78. The summed E-state index contributed by atoms with van der Waals surface area (Å²) in [5.74, 6) is -0.467. The van der Waals surface area contributed by atoms with Crippen molar-refractivity contribution < 1.29 is 9.18 Å². The molecule has 24 heavy (non-hydrogen) atoms. The number of nitriles is 1. The molecule has 1 unspecified atom stereocenters. The minimum Gasteiger partial charge on any atom is -0.363 e. The summed E-state index contributed by atoms with van der Waals surface area (Å²) in [5, 5.41) is 9.01. The number of aromatic nitrogens is 2. The molecule has 1 fully saturated rings. The second-order valence-corrected chi connectivity index (χ2v) is 5.90. The zero-order valence-electron chi connectivity index (χ0n) is 13.6. The quantitative estimate of drug-likeness (QED) is 0.843. The highest BCUT2D eigenvalue weighted by atomic mass is 19.1. The van der Waals surface area contributed by atoms with Crippen molar-refractivity contribution in [2.75, 3.05) is 24.5 Å². The summed E-state index contributed by atoms with van der Waals surface area (Å²) >= 11 is 0. The molecular weight excluding hydrogens is 309 g/mol. The number of halogens is 1. The van der Waals surface area contributed by atoms with Crippen LogP contribution in [0.3, 0.4) is 0 Å². The van der Waals surface area contributed by atoms with Gasteiger partial charge in [-0.05, 0) is 25.1 Å². The van der Waals surface area contributed by atoms with Crippen LogP contribution in [0.1, 0.15) is 23.1 Å². The van der Waals surface area contributed by atoms with E-state index in [1.807, 2.05) is 11.8 Å². The fourth-order valence-corrected chi connectivity index (χ4v) is 3.10. The average Bonchev–Trinajstić information content (AvgIpc) is 2.95. The highest BCUT2D eigenvalue weighted by Gasteiger charge is 2.29. The van der Waals surface area contributed by atoms with E-state index in [0.717, 1.165) is 0 Å². The summed E-state index contributed by atoms with van der Waals surface area (Å²) in [4.78, 5) is 20.2. The van der Waals surface area contributed by atoms with Crippen LogP contribution in [-0.4, -0.2) is 46.0 Å². The first-order valence-electron chi connectivity index (χ1n) is 7.74. The standard InChI is InChI=1S/C17H18FN5O/c1-12-11-22(17(24)16-4-3-13(9-19)21(16)2)7-8-23(12)15-5-6-20-10-14(15)18/h3-6,10,12H,7-8,11H2,1-2H3. The molecule has 0 aromatic carbocycles. The smallest absolute Gasteiger partial charge is 0.270 e. The molecule has 3 heterocycles. The lowest BCUT2D eigenvalue weighted by atomic mass is 10.1. The van der Waals surface area contributed by atoms with Gasteiger partial charge in [-0.15, -0.1) is 0 Å². The minimum absolute atomic E-state index is 0.0182. The second kappa shape index (κ2) is 6.32. The molecule has 1 saturated heterocycles. The SMILES string of the molecule is CC1CN(C(=O)c2ccc(C#N)n2C)CCN1c1ccncc1F. The number of rotatable bonds is 2. The van der Waals surface area contributed by atoms with Crippen molar-refractivity contribution in [1.82, 2.24) is 14.5 Å². The molecule has 2 aromatic heterocycles. The lowest BCUT2D eigenvalue weighted by Crippen LogP contribution is -2.54.